The number of methoxy groups -OCH3 is 2. The first-order chi connectivity index (χ1) is 15.4. The van der Waals surface area contributed by atoms with Crippen molar-refractivity contribution in [2.75, 3.05) is 20.8 Å². The maximum Gasteiger partial charge on any atom is 0.338 e. The number of carbonyl (C=O) groups excluding carboxylic acids is 2. The Morgan fingerprint density at radius 2 is 1.75 bits per heavy atom. The molecular weight excluding hydrogens is 412 g/mol. The van der Waals surface area contributed by atoms with Crippen molar-refractivity contribution in [3.63, 3.8) is 0 Å². The van der Waals surface area contributed by atoms with Crippen LogP contribution < -0.4 is 24.8 Å². The number of ether oxygens (including phenoxy) is 4. The second kappa shape index (κ2) is 10.1. The number of rotatable bonds is 8. The lowest BCUT2D eigenvalue weighted by Crippen LogP contribution is -2.45. The highest BCUT2D eigenvalue weighted by Gasteiger charge is 2.35. The van der Waals surface area contributed by atoms with Crippen LogP contribution in [0.2, 0.25) is 0 Å². The third-order valence-corrected chi connectivity index (χ3v) is 4.83. The van der Waals surface area contributed by atoms with Crippen molar-refractivity contribution in [3.8, 4) is 17.2 Å². The van der Waals surface area contributed by atoms with Gasteiger partial charge in [0, 0.05) is 0 Å². The summed E-state index contributed by atoms with van der Waals surface area (Å²) < 4.78 is 21.8. The topological polar surface area (TPSA) is 95.1 Å². The molecule has 0 aromatic heterocycles. The van der Waals surface area contributed by atoms with E-state index in [1.807, 2.05) is 6.92 Å². The SMILES string of the molecule is CCOc1cc(C2NC(=O)NC(c3ccc(OC)cc3)=C2C(=O)OC(C)C)ccc1OC. The number of amides is 2. The second-order valence-electron chi connectivity index (χ2n) is 7.35. The highest BCUT2D eigenvalue weighted by Crippen LogP contribution is 2.37. The molecule has 0 radical (unpaired) electrons. The van der Waals surface area contributed by atoms with Crippen molar-refractivity contribution in [1.82, 2.24) is 10.6 Å². The molecule has 1 heterocycles. The fraction of sp³-hybridized carbons (Fsp3) is 0.333. The van der Waals surface area contributed by atoms with Crippen LogP contribution in [0.5, 0.6) is 17.2 Å². The first-order valence-corrected chi connectivity index (χ1v) is 10.4. The lowest BCUT2D eigenvalue weighted by Gasteiger charge is -2.30. The third-order valence-electron chi connectivity index (χ3n) is 4.83. The molecule has 2 amide bonds. The van der Waals surface area contributed by atoms with Gasteiger partial charge in [-0.05, 0) is 68.3 Å². The van der Waals surface area contributed by atoms with Gasteiger partial charge in [0.25, 0.3) is 0 Å². The van der Waals surface area contributed by atoms with Gasteiger partial charge in [0.05, 0.1) is 44.2 Å². The number of benzene rings is 2. The van der Waals surface area contributed by atoms with Gasteiger partial charge in [-0.3, -0.25) is 0 Å². The van der Waals surface area contributed by atoms with E-state index in [2.05, 4.69) is 10.6 Å². The lowest BCUT2D eigenvalue weighted by molar-refractivity contribution is -0.143. The number of nitrogens with one attached hydrogen (secondary N) is 2. The van der Waals surface area contributed by atoms with E-state index in [-0.39, 0.29) is 11.7 Å². The van der Waals surface area contributed by atoms with Crippen molar-refractivity contribution >= 4 is 17.7 Å². The molecule has 0 saturated carbocycles. The van der Waals surface area contributed by atoms with E-state index in [1.165, 1.54) is 0 Å². The predicted octanol–water partition coefficient (Wildman–Crippen LogP) is 3.82. The molecule has 1 aliphatic heterocycles. The van der Waals surface area contributed by atoms with Crippen LogP contribution >= 0.6 is 0 Å². The Bertz CT molecular complexity index is 1010. The quantitative estimate of drug-likeness (QED) is 0.606. The van der Waals surface area contributed by atoms with Crippen molar-refractivity contribution in [2.24, 2.45) is 0 Å². The molecule has 0 aliphatic carbocycles. The molecule has 2 N–H and O–H groups in total. The van der Waals surface area contributed by atoms with Gasteiger partial charge in [0.2, 0.25) is 0 Å². The van der Waals surface area contributed by atoms with Crippen LogP contribution in [0.3, 0.4) is 0 Å². The number of hydrogen-bond donors (Lipinski definition) is 2. The summed E-state index contributed by atoms with van der Waals surface area (Å²) in [5.41, 5.74) is 1.97. The fourth-order valence-corrected chi connectivity index (χ4v) is 3.44. The molecule has 1 atom stereocenters. The monoisotopic (exact) mass is 440 g/mol. The summed E-state index contributed by atoms with van der Waals surface area (Å²) in [6.45, 7) is 5.85. The molecule has 0 saturated heterocycles. The van der Waals surface area contributed by atoms with Crippen LogP contribution in [-0.4, -0.2) is 38.9 Å². The van der Waals surface area contributed by atoms with Gasteiger partial charge in [0.1, 0.15) is 5.75 Å². The zero-order chi connectivity index (χ0) is 23.3. The summed E-state index contributed by atoms with van der Waals surface area (Å²) in [4.78, 5) is 25.8. The normalized spacial score (nSPS) is 15.7. The summed E-state index contributed by atoms with van der Waals surface area (Å²) in [5.74, 6) is 1.20. The average Bonchev–Trinajstić information content (AvgIpc) is 2.78. The minimum Gasteiger partial charge on any atom is -0.497 e. The molecule has 1 aliphatic rings. The molecule has 0 spiro atoms. The molecule has 0 fully saturated rings. The Hall–Kier alpha value is -3.68. The van der Waals surface area contributed by atoms with E-state index >= 15 is 0 Å². The largest absolute Gasteiger partial charge is 0.497 e. The average molecular weight is 440 g/mol. The number of hydrogen-bond acceptors (Lipinski definition) is 6. The van der Waals surface area contributed by atoms with Crippen molar-refractivity contribution < 1.29 is 28.5 Å². The minimum atomic E-state index is -0.753. The van der Waals surface area contributed by atoms with Gasteiger partial charge in [-0.15, -0.1) is 0 Å². The molecule has 8 nitrogen and oxygen atoms in total. The Labute approximate surface area is 187 Å². The molecule has 2 aromatic rings. The summed E-state index contributed by atoms with van der Waals surface area (Å²) in [6.07, 6.45) is -0.333. The highest BCUT2D eigenvalue weighted by atomic mass is 16.5. The molecule has 2 aromatic carbocycles. The number of esters is 1. The molecule has 32 heavy (non-hydrogen) atoms. The maximum atomic E-state index is 13.2. The summed E-state index contributed by atoms with van der Waals surface area (Å²) >= 11 is 0. The van der Waals surface area contributed by atoms with Crippen molar-refractivity contribution in [1.29, 1.82) is 0 Å². The molecule has 170 valence electrons. The van der Waals surface area contributed by atoms with Gasteiger partial charge in [-0.2, -0.15) is 0 Å². The summed E-state index contributed by atoms with van der Waals surface area (Å²) in [7, 11) is 3.12. The van der Waals surface area contributed by atoms with E-state index in [0.29, 0.717) is 40.7 Å². The van der Waals surface area contributed by atoms with Crippen LogP contribution in [-0.2, 0) is 9.53 Å². The van der Waals surface area contributed by atoms with Gasteiger partial charge in [-0.1, -0.05) is 6.07 Å². The van der Waals surface area contributed by atoms with Crippen LogP contribution in [0.1, 0.15) is 37.9 Å². The Morgan fingerprint density at radius 3 is 2.34 bits per heavy atom. The maximum absolute atomic E-state index is 13.2. The Kier molecular flexibility index (Phi) is 7.25. The van der Waals surface area contributed by atoms with E-state index in [1.54, 1.807) is 70.5 Å². The van der Waals surface area contributed by atoms with E-state index in [0.717, 1.165) is 0 Å². The fourth-order valence-electron chi connectivity index (χ4n) is 3.44. The van der Waals surface area contributed by atoms with Gasteiger partial charge >= 0.3 is 12.0 Å². The molecule has 1 unspecified atom stereocenters. The van der Waals surface area contributed by atoms with Gasteiger partial charge in [0.15, 0.2) is 11.5 Å². The van der Waals surface area contributed by atoms with E-state index < -0.39 is 18.0 Å². The van der Waals surface area contributed by atoms with Crippen LogP contribution in [0.25, 0.3) is 5.70 Å². The summed E-state index contributed by atoms with van der Waals surface area (Å²) in [5, 5.41) is 5.60. The molecule has 0 bridgehead atoms. The number of urea groups is 1. The number of carbonyl (C=O) groups is 2. The molecule has 3 rings (SSSR count). The zero-order valence-corrected chi connectivity index (χ0v) is 18.9. The van der Waals surface area contributed by atoms with Crippen LogP contribution in [0.4, 0.5) is 4.79 Å². The lowest BCUT2D eigenvalue weighted by atomic mass is 9.92. The smallest absolute Gasteiger partial charge is 0.338 e. The Morgan fingerprint density at radius 1 is 1.03 bits per heavy atom. The second-order valence-corrected chi connectivity index (χ2v) is 7.35. The summed E-state index contributed by atoms with van der Waals surface area (Å²) in [6, 6.07) is 11.2. The van der Waals surface area contributed by atoms with E-state index in [4.69, 9.17) is 18.9 Å². The Balaban J connectivity index is 2.17. The standard InChI is InChI=1S/C24H28N2O6/c1-6-31-19-13-16(9-12-18(19)30-5)22-20(23(27)32-14(2)3)21(25-24(28)26-22)15-7-10-17(29-4)11-8-15/h7-14,22H,6H2,1-5H3,(H2,25,26,28). The van der Waals surface area contributed by atoms with Crippen molar-refractivity contribution in [3.05, 3.63) is 59.2 Å². The van der Waals surface area contributed by atoms with E-state index in [9.17, 15) is 9.59 Å². The van der Waals surface area contributed by atoms with Crippen LogP contribution in [0, 0.1) is 0 Å². The van der Waals surface area contributed by atoms with Crippen LogP contribution in [0.15, 0.2) is 48.0 Å². The van der Waals surface area contributed by atoms with Gasteiger partial charge in [-0.25, -0.2) is 9.59 Å². The first kappa shape index (κ1) is 23.0. The zero-order valence-electron chi connectivity index (χ0n) is 18.9. The minimum absolute atomic E-state index is 0.288. The predicted molar refractivity (Wildman–Crippen MR) is 120 cm³/mol. The highest BCUT2D eigenvalue weighted by molar-refractivity contribution is 6.04. The first-order valence-electron chi connectivity index (χ1n) is 10.4. The molecule has 8 heteroatoms. The molecular formula is C24H28N2O6. The van der Waals surface area contributed by atoms with Gasteiger partial charge < -0.3 is 29.6 Å². The third kappa shape index (κ3) is 4.96. The van der Waals surface area contributed by atoms with Crippen molar-refractivity contribution in [2.45, 2.75) is 32.9 Å².